The molecule has 0 aromatic rings. The first-order valence-electron chi connectivity index (χ1n) is 3.03. The smallest absolute Gasteiger partial charge is 0.107 e. The van der Waals surface area contributed by atoms with Gasteiger partial charge in [0.1, 0.15) is 6.34 Å². The highest BCUT2D eigenvalue weighted by molar-refractivity contribution is 6.45. The Labute approximate surface area is 70.8 Å². The molecule has 3 nitrogen and oxygen atoms in total. The van der Waals surface area contributed by atoms with Gasteiger partial charge in [-0.1, -0.05) is 17.7 Å². The summed E-state index contributed by atoms with van der Waals surface area (Å²) in [6.45, 7) is 1.83. The van der Waals surface area contributed by atoms with Crippen LogP contribution in [0.15, 0.2) is 28.4 Å². The summed E-state index contributed by atoms with van der Waals surface area (Å²) in [4.78, 5) is 3.68. The molecule has 0 aliphatic carbocycles. The number of aliphatic imine (C=N–C) groups is 1. The molecule has 0 saturated carbocycles. The van der Waals surface area contributed by atoms with E-state index in [1.54, 1.807) is 12.2 Å². The predicted octanol–water partition coefficient (Wildman–Crippen LogP) is 1.65. The average Bonchev–Trinajstić information content (AvgIpc) is 2.03. The molecule has 11 heavy (non-hydrogen) atoms. The molecule has 0 heterocycles. The van der Waals surface area contributed by atoms with E-state index in [-0.39, 0.29) is 0 Å². The molecule has 0 aromatic heterocycles. The molecule has 4 heteroatoms. The fourth-order valence-corrected chi connectivity index (χ4v) is 0.609. The number of allylic oxidation sites excluding steroid dienone is 3. The van der Waals surface area contributed by atoms with E-state index in [9.17, 15) is 0 Å². The van der Waals surface area contributed by atoms with Gasteiger partial charge in [-0.2, -0.15) is 0 Å². The summed E-state index contributed by atoms with van der Waals surface area (Å²) in [7, 11) is 0. The van der Waals surface area contributed by atoms with Crippen LogP contribution in [0.3, 0.4) is 0 Å². The van der Waals surface area contributed by atoms with Crippen molar-refractivity contribution in [3.05, 3.63) is 23.4 Å². The largest absolute Gasteiger partial charge is 0.403 e. The van der Waals surface area contributed by atoms with Gasteiger partial charge in [-0.05, 0) is 13.0 Å². The predicted molar refractivity (Wildman–Crippen MR) is 49.2 cm³/mol. The zero-order chi connectivity index (χ0) is 8.69. The fraction of sp³-hybridized carbons (Fsp3) is 0.143. The Morgan fingerprint density at radius 2 is 2.27 bits per heavy atom. The van der Waals surface area contributed by atoms with Crippen LogP contribution in [0.5, 0.6) is 0 Å². The molecule has 0 amide bonds. The van der Waals surface area contributed by atoms with E-state index in [1.165, 1.54) is 6.20 Å². The topological polar surface area (TPSA) is 62.2 Å². The first-order valence-corrected chi connectivity index (χ1v) is 3.41. The van der Waals surface area contributed by atoms with Gasteiger partial charge < -0.3 is 5.73 Å². The van der Waals surface area contributed by atoms with Crippen molar-refractivity contribution in [2.75, 3.05) is 0 Å². The van der Waals surface area contributed by atoms with Crippen molar-refractivity contribution in [1.29, 1.82) is 5.41 Å². The van der Waals surface area contributed by atoms with Crippen LogP contribution in [-0.4, -0.2) is 12.1 Å². The summed E-state index contributed by atoms with van der Waals surface area (Å²) in [5.41, 5.74) is 5.64. The van der Waals surface area contributed by atoms with Crippen molar-refractivity contribution in [2.45, 2.75) is 6.92 Å². The summed E-state index contributed by atoms with van der Waals surface area (Å²) < 4.78 is 0. The van der Waals surface area contributed by atoms with Crippen LogP contribution in [0.4, 0.5) is 0 Å². The molecule has 0 bridgehead atoms. The van der Waals surface area contributed by atoms with Crippen molar-refractivity contribution in [3.8, 4) is 0 Å². The van der Waals surface area contributed by atoms with Gasteiger partial charge in [0, 0.05) is 6.20 Å². The summed E-state index contributed by atoms with van der Waals surface area (Å²) in [5.74, 6) is 0. The second kappa shape index (κ2) is 5.68. The Bertz CT molecular complexity index is 216. The Morgan fingerprint density at radius 1 is 1.64 bits per heavy atom. The van der Waals surface area contributed by atoms with Crippen molar-refractivity contribution in [1.82, 2.24) is 0 Å². The van der Waals surface area contributed by atoms with E-state index in [1.807, 2.05) is 6.92 Å². The van der Waals surface area contributed by atoms with Gasteiger partial charge in [-0.15, -0.1) is 0 Å². The zero-order valence-corrected chi connectivity index (χ0v) is 6.97. The second-order valence-corrected chi connectivity index (χ2v) is 2.07. The highest BCUT2D eigenvalue weighted by Crippen LogP contribution is 2.03. The number of rotatable bonds is 3. The Hall–Kier alpha value is -1.09. The highest BCUT2D eigenvalue weighted by atomic mass is 35.5. The van der Waals surface area contributed by atoms with Crippen LogP contribution in [0.1, 0.15) is 6.92 Å². The third-order valence-corrected chi connectivity index (χ3v) is 1.24. The van der Waals surface area contributed by atoms with Crippen LogP contribution >= 0.6 is 11.6 Å². The van der Waals surface area contributed by atoms with Gasteiger partial charge in [0.2, 0.25) is 0 Å². The minimum absolute atomic E-state index is 0.339. The van der Waals surface area contributed by atoms with Crippen LogP contribution < -0.4 is 5.73 Å². The Kier molecular flexibility index (Phi) is 5.11. The molecule has 0 fully saturated rings. The van der Waals surface area contributed by atoms with E-state index in [4.69, 9.17) is 22.7 Å². The third-order valence-electron chi connectivity index (χ3n) is 0.919. The molecular formula is C7H10ClN3. The number of nitrogens with two attached hydrogens (primary N) is 1. The molecular weight excluding hydrogens is 162 g/mol. The van der Waals surface area contributed by atoms with Crippen molar-refractivity contribution < 1.29 is 0 Å². The number of hydrogen-bond donors (Lipinski definition) is 2. The van der Waals surface area contributed by atoms with E-state index >= 15 is 0 Å². The SMILES string of the molecule is C/C=C\C(=NC=N)/C(Cl)=C/N. The van der Waals surface area contributed by atoms with Gasteiger partial charge in [0.05, 0.1) is 10.7 Å². The summed E-state index contributed by atoms with van der Waals surface area (Å²) in [6, 6.07) is 0. The third kappa shape index (κ3) is 3.57. The summed E-state index contributed by atoms with van der Waals surface area (Å²) in [6.07, 6.45) is 5.61. The van der Waals surface area contributed by atoms with E-state index in [0.29, 0.717) is 10.7 Å². The summed E-state index contributed by atoms with van der Waals surface area (Å²) in [5, 5.41) is 7.05. The molecule has 0 aromatic carbocycles. The van der Waals surface area contributed by atoms with Crippen LogP contribution in [0.2, 0.25) is 0 Å². The quantitative estimate of drug-likeness (QED) is 0.492. The average molecular weight is 172 g/mol. The van der Waals surface area contributed by atoms with E-state index < -0.39 is 0 Å². The first kappa shape index (κ1) is 9.91. The van der Waals surface area contributed by atoms with Gasteiger partial charge in [0.25, 0.3) is 0 Å². The lowest BCUT2D eigenvalue weighted by Crippen LogP contribution is -1.96. The van der Waals surface area contributed by atoms with E-state index in [2.05, 4.69) is 4.99 Å². The minimum atomic E-state index is 0.339. The molecule has 0 rings (SSSR count). The molecule has 60 valence electrons. The van der Waals surface area contributed by atoms with Crippen molar-refractivity contribution in [2.24, 2.45) is 10.7 Å². The maximum absolute atomic E-state index is 6.71. The second-order valence-electron chi connectivity index (χ2n) is 1.66. The van der Waals surface area contributed by atoms with Crippen LogP contribution in [-0.2, 0) is 0 Å². The molecule has 0 unspecified atom stereocenters. The molecule has 0 aliphatic heterocycles. The fourth-order valence-electron chi connectivity index (χ4n) is 0.497. The minimum Gasteiger partial charge on any atom is -0.403 e. The Morgan fingerprint density at radius 3 is 2.64 bits per heavy atom. The van der Waals surface area contributed by atoms with Crippen LogP contribution in [0, 0.1) is 5.41 Å². The maximum atomic E-state index is 6.71. The normalized spacial score (nSPS) is 14.0. The zero-order valence-electron chi connectivity index (χ0n) is 6.21. The molecule has 0 saturated heterocycles. The number of halogens is 1. The van der Waals surface area contributed by atoms with Gasteiger partial charge in [-0.3, -0.25) is 5.41 Å². The van der Waals surface area contributed by atoms with Gasteiger partial charge in [0.15, 0.2) is 0 Å². The van der Waals surface area contributed by atoms with Crippen molar-refractivity contribution >= 4 is 23.7 Å². The molecule has 0 atom stereocenters. The lowest BCUT2D eigenvalue weighted by Gasteiger charge is -1.93. The summed E-state index contributed by atoms with van der Waals surface area (Å²) >= 11 is 5.64. The molecule has 0 spiro atoms. The van der Waals surface area contributed by atoms with Gasteiger partial charge >= 0.3 is 0 Å². The highest BCUT2D eigenvalue weighted by Gasteiger charge is 1.96. The van der Waals surface area contributed by atoms with Crippen LogP contribution in [0.25, 0.3) is 0 Å². The lowest BCUT2D eigenvalue weighted by molar-refractivity contribution is 1.51. The molecule has 0 radical (unpaired) electrons. The monoisotopic (exact) mass is 171 g/mol. The lowest BCUT2D eigenvalue weighted by atomic mass is 10.3. The molecule has 0 aliphatic rings. The maximum Gasteiger partial charge on any atom is 0.107 e. The molecule has 3 N–H and O–H groups in total. The van der Waals surface area contributed by atoms with Gasteiger partial charge in [-0.25, -0.2) is 4.99 Å². The van der Waals surface area contributed by atoms with Crippen molar-refractivity contribution in [3.63, 3.8) is 0 Å². The van der Waals surface area contributed by atoms with E-state index in [0.717, 1.165) is 6.34 Å². The first-order chi connectivity index (χ1) is 5.26. The number of nitrogens with one attached hydrogen (secondary N) is 1. The Balaban J connectivity index is 4.61. The number of nitrogens with zero attached hydrogens (tertiary/aromatic N) is 1. The standard InChI is InChI=1S/C7H10ClN3/c1-2-3-7(11-5-10)6(8)4-9/h2-5,10H,9H2,1H3/b3-2-,6-4-,10-5?,11-7?. The number of hydrogen-bond acceptors (Lipinski definition) is 2.